The zero-order valence-electron chi connectivity index (χ0n) is 6.97. The molecule has 1 heterocycles. The van der Waals surface area contributed by atoms with Crippen molar-refractivity contribution in [1.82, 2.24) is 0 Å². The Kier molecular flexibility index (Phi) is 3.17. The Morgan fingerprint density at radius 3 is 2.45 bits per heavy atom. The lowest BCUT2D eigenvalue weighted by molar-refractivity contribution is 0.463. The summed E-state index contributed by atoms with van der Waals surface area (Å²) in [6.07, 6.45) is 3.02. The van der Waals surface area contributed by atoms with E-state index < -0.39 is 0 Å². The summed E-state index contributed by atoms with van der Waals surface area (Å²) in [7, 11) is 0. The highest BCUT2D eigenvalue weighted by Gasteiger charge is 1.98. The van der Waals surface area contributed by atoms with Gasteiger partial charge in [-0.3, -0.25) is 0 Å². The van der Waals surface area contributed by atoms with E-state index in [9.17, 15) is 0 Å². The maximum absolute atomic E-state index is 5.48. The molecule has 1 rings (SSSR count). The summed E-state index contributed by atoms with van der Waals surface area (Å²) in [6.45, 7) is 2.81. The van der Waals surface area contributed by atoms with Crippen LogP contribution in [0.25, 0.3) is 0 Å². The van der Waals surface area contributed by atoms with E-state index in [2.05, 4.69) is 6.92 Å². The summed E-state index contributed by atoms with van der Waals surface area (Å²) in [6, 6.07) is 4.05. The third kappa shape index (κ3) is 2.39. The Balaban J connectivity index is 2.51. The van der Waals surface area contributed by atoms with Gasteiger partial charge in [-0.25, -0.2) is 0 Å². The Hall–Kier alpha value is -0.760. The first kappa shape index (κ1) is 8.34. The first-order valence-electron chi connectivity index (χ1n) is 4.14. The van der Waals surface area contributed by atoms with Crippen LogP contribution in [0.1, 0.15) is 24.9 Å². The zero-order chi connectivity index (χ0) is 8.10. The lowest BCUT2D eigenvalue weighted by Crippen LogP contribution is -2.01. The Bertz CT molecular complexity index is 185. The normalized spacial score (nSPS) is 10.4. The van der Waals surface area contributed by atoms with Gasteiger partial charge in [0.05, 0.1) is 0 Å². The molecule has 0 radical (unpaired) electrons. The van der Waals surface area contributed by atoms with Crippen LogP contribution in [0, 0.1) is 0 Å². The molecule has 11 heavy (non-hydrogen) atoms. The fourth-order valence-corrected chi connectivity index (χ4v) is 1.08. The minimum absolute atomic E-state index is 0.666. The zero-order valence-corrected chi connectivity index (χ0v) is 6.97. The summed E-state index contributed by atoms with van der Waals surface area (Å²) in [5.41, 5.74) is 5.38. The molecule has 0 amide bonds. The van der Waals surface area contributed by atoms with E-state index in [1.54, 1.807) is 0 Å². The monoisotopic (exact) mass is 153 g/mol. The molecule has 2 nitrogen and oxygen atoms in total. The van der Waals surface area contributed by atoms with Gasteiger partial charge in [-0.15, -0.1) is 0 Å². The first-order chi connectivity index (χ1) is 5.36. The van der Waals surface area contributed by atoms with Crippen LogP contribution in [0.2, 0.25) is 0 Å². The molecular formula is C9H15NO. The number of hydrogen-bond acceptors (Lipinski definition) is 2. The minimum Gasteiger partial charge on any atom is -0.466 e. The predicted molar refractivity (Wildman–Crippen MR) is 45.5 cm³/mol. The van der Waals surface area contributed by atoms with Gasteiger partial charge in [0, 0.05) is 12.8 Å². The van der Waals surface area contributed by atoms with Gasteiger partial charge >= 0.3 is 0 Å². The molecule has 2 heteroatoms. The van der Waals surface area contributed by atoms with Gasteiger partial charge in [-0.2, -0.15) is 0 Å². The molecule has 0 saturated carbocycles. The molecule has 0 aliphatic rings. The molecule has 0 spiro atoms. The van der Waals surface area contributed by atoms with Gasteiger partial charge in [0.15, 0.2) is 0 Å². The van der Waals surface area contributed by atoms with Crippen molar-refractivity contribution in [2.24, 2.45) is 5.73 Å². The number of nitrogens with two attached hydrogens (primary N) is 1. The quantitative estimate of drug-likeness (QED) is 0.715. The summed E-state index contributed by atoms with van der Waals surface area (Å²) in [5, 5.41) is 0. The summed E-state index contributed by atoms with van der Waals surface area (Å²) < 4.78 is 5.48. The van der Waals surface area contributed by atoms with Crippen molar-refractivity contribution in [3.8, 4) is 0 Å². The second-order valence-electron chi connectivity index (χ2n) is 2.66. The lowest BCUT2D eigenvalue weighted by Gasteiger charge is -1.92. The molecule has 1 aromatic heterocycles. The van der Waals surface area contributed by atoms with Crippen LogP contribution in [-0.4, -0.2) is 6.54 Å². The standard InChI is InChI=1S/C9H15NO/c1-2-3-8-4-5-9(11-8)6-7-10/h4-5H,2-3,6-7,10H2,1H3. The van der Waals surface area contributed by atoms with Crippen molar-refractivity contribution in [3.63, 3.8) is 0 Å². The van der Waals surface area contributed by atoms with Gasteiger partial charge in [-0.1, -0.05) is 6.92 Å². The number of hydrogen-bond donors (Lipinski definition) is 1. The number of aryl methyl sites for hydroxylation is 1. The van der Waals surface area contributed by atoms with Crippen molar-refractivity contribution in [3.05, 3.63) is 23.7 Å². The van der Waals surface area contributed by atoms with Crippen molar-refractivity contribution < 1.29 is 4.42 Å². The average molecular weight is 153 g/mol. The van der Waals surface area contributed by atoms with E-state index in [1.165, 1.54) is 0 Å². The van der Waals surface area contributed by atoms with Crippen LogP contribution in [0.3, 0.4) is 0 Å². The van der Waals surface area contributed by atoms with E-state index in [-0.39, 0.29) is 0 Å². The Labute approximate surface area is 67.4 Å². The smallest absolute Gasteiger partial charge is 0.105 e. The molecule has 0 bridgehead atoms. The molecule has 2 N–H and O–H groups in total. The van der Waals surface area contributed by atoms with Crippen molar-refractivity contribution in [2.75, 3.05) is 6.54 Å². The molecule has 0 aliphatic carbocycles. The van der Waals surface area contributed by atoms with Crippen LogP contribution in [0.5, 0.6) is 0 Å². The van der Waals surface area contributed by atoms with Crippen molar-refractivity contribution in [2.45, 2.75) is 26.2 Å². The Morgan fingerprint density at radius 1 is 1.27 bits per heavy atom. The highest BCUT2D eigenvalue weighted by atomic mass is 16.3. The van der Waals surface area contributed by atoms with Gasteiger partial charge < -0.3 is 10.2 Å². The largest absolute Gasteiger partial charge is 0.466 e. The van der Waals surface area contributed by atoms with Gasteiger partial charge in [0.1, 0.15) is 11.5 Å². The topological polar surface area (TPSA) is 39.2 Å². The molecule has 1 aromatic rings. The van der Waals surface area contributed by atoms with E-state index in [0.29, 0.717) is 6.54 Å². The fraction of sp³-hybridized carbons (Fsp3) is 0.556. The van der Waals surface area contributed by atoms with E-state index >= 15 is 0 Å². The van der Waals surface area contributed by atoms with Crippen LogP contribution < -0.4 is 5.73 Å². The third-order valence-corrected chi connectivity index (χ3v) is 1.60. The SMILES string of the molecule is CCCc1ccc(CCN)o1. The molecular weight excluding hydrogens is 138 g/mol. The Morgan fingerprint density at radius 2 is 1.91 bits per heavy atom. The highest BCUT2D eigenvalue weighted by Crippen LogP contribution is 2.09. The molecule has 0 aliphatic heterocycles. The summed E-state index contributed by atoms with van der Waals surface area (Å²) in [5.74, 6) is 2.09. The fourth-order valence-electron chi connectivity index (χ4n) is 1.08. The van der Waals surface area contributed by atoms with Crippen LogP contribution in [-0.2, 0) is 12.8 Å². The van der Waals surface area contributed by atoms with Gasteiger partial charge in [-0.05, 0) is 25.1 Å². The lowest BCUT2D eigenvalue weighted by atomic mass is 10.3. The maximum atomic E-state index is 5.48. The highest BCUT2D eigenvalue weighted by molar-refractivity contribution is 5.07. The second-order valence-corrected chi connectivity index (χ2v) is 2.66. The van der Waals surface area contributed by atoms with Crippen LogP contribution in [0.4, 0.5) is 0 Å². The maximum Gasteiger partial charge on any atom is 0.105 e. The molecule has 0 unspecified atom stereocenters. The van der Waals surface area contributed by atoms with E-state index in [4.69, 9.17) is 10.2 Å². The van der Waals surface area contributed by atoms with Crippen LogP contribution >= 0.6 is 0 Å². The van der Waals surface area contributed by atoms with Crippen molar-refractivity contribution >= 4 is 0 Å². The van der Waals surface area contributed by atoms with E-state index in [1.807, 2.05) is 12.1 Å². The number of furan rings is 1. The molecule has 0 aromatic carbocycles. The van der Waals surface area contributed by atoms with Gasteiger partial charge in [0.25, 0.3) is 0 Å². The summed E-state index contributed by atoms with van der Waals surface area (Å²) in [4.78, 5) is 0. The molecule has 0 saturated heterocycles. The predicted octanol–water partition coefficient (Wildman–Crippen LogP) is 1.73. The molecule has 0 fully saturated rings. The molecule has 0 atom stereocenters. The third-order valence-electron chi connectivity index (χ3n) is 1.60. The molecule has 62 valence electrons. The van der Waals surface area contributed by atoms with Crippen molar-refractivity contribution in [1.29, 1.82) is 0 Å². The minimum atomic E-state index is 0.666. The average Bonchev–Trinajstić information content (AvgIpc) is 2.38. The first-order valence-corrected chi connectivity index (χ1v) is 4.14. The second kappa shape index (κ2) is 4.19. The van der Waals surface area contributed by atoms with Gasteiger partial charge in [0.2, 0.25) is 0 Å². The summed E-state index contributed by atoms with van der Waals surface area (Å²) >= 11 is 0. The van der Waals surface area contributed by atoms with E-state index in [0.717, 1.165) is 30.8 Å². The number of rotatable bonds is 4. The van der Waals surface area contributed by atoms with Crippen LogP contribution in [0.15, 0.2) is 16.5 Å².